The summed E-state index contributed by atoms with van der Waals surface area (Å²) in [7, 11) is -21.4. The standard InChI is InChI=1S/C42H27N11O28S7/c43-35-27(48-44-17-2-1-16-9-33(87(70,71)72)38(40(55)21(16)10-17)51-45-24-6-3-18(52(57)58)11-28(24)82-79-76-61)15-31(85(64,65)66)23-14-30(84-81-78-63)37(41(56)34(23)35)50-47-26-8-5-20-22(42(26)88(73,74)75)13-29(83-80-77-62)36(39(20)54)49-46-25-7-4-19(53(59)60)12-32(25)86(67,68)69/h1-15,54-56,61-63H,43H2,(H,64,65,66)(H,67,68,69)(H,70,71,72)(H,73,74,75). The highest BCUT2D eigenvalue weighted by molar-refractivity contribution is 7.95. The maximum Gasteiger partial charge on any atom is 0.297 e. The second kappa shape index (κ2) is 25.9. The van der Waals surface area contributed by atoms with Gasteiger partial charge in [0.1, 0.15) is 59.4 Å². The summed E-state index contributed by atoms with van der Waals surface area (Å²) in [6, 6.07) is 13.0. The van der Waals surface area contributed by atoms with Crippen LogP contribution < -0.4 is 5.73 Å². The fraction of sp³-hybridized carbons (Fsp3) is 0. The minimum atomic E-state index is -5.57. The number of hydrogen-bond acceptors (Lipinski definition) is 36. The molecule has 0 atom stereocenters. The molecular weight excluding hydrogens is 1330 g/mol. The molecule has 0 fully saturated rings. The molecule has 0 aliphatic carbocycles. The van der Waals surface area contributed by atoms with E-state index in [0.717, 1.165) is 78.9 Å². The molecule has 0 radical (unpaired) electrons. The van der Waals surface area contributed by atoms with Crippen molar-refractivity contribution in [2.24, 2.45) is 40.9 Å². The summed E-state index contributed by atoms with van der Waals surface area (Å²) < 4.78 is 156. The number of hydrogen-bond donors (Lipinski definition) is 11. The summed E-state index contributed by atoms with van der Waals surface area (Å²) in [6.45, 7) is 0. The zero-order chi connectivity index (χ0) is 64.4. The molecule has 0 aromatic heterocycles. The number of phenolic OH excluding ortho intramolecular Hbond substituents is 3. The second-order valence-corrected chi connectivity index (χ2v) is 24.3. The van der Waals surface area contributed by atoms with Crippen LogP contribution in [0.5, 0.6) is 17.2 Å². The number of rotatable bonds is 23. The molecule has 0 heterocycles. The van der Waals surface area contributed by atoms with Crippen molar-refractivity contribution < 1.29 is 121 Å². The molecule has 0 saturated heterocycles. The lowest BCUT2D eigenvalue weighted by Gasteiger charge is -2.15. The average Bonchev–Trinajstić information content (AvgIpc) is 1.28. The van der Waals surface area contributed by atoms with Gasteiger partial charge in [-0.1, -0.05) is 21.2 Å². The molecule has 8 aromatic rings. The topological polar surface area (TPSA) is 605 Å². The van der Waals surface area contributed by atoms with E-state index in [2.05, 4.69) is 69.0 Å². The summed E-state index contributed by atoms with van der Waals surface area (Å²) >= 11 is 0.156. The maximum absolute atomic E-state index is 13.2. The van der Waals surface area contributed by atoms with Crippen LogP contribution in [0.3, 0.4) is 0 Å². The number of phenols is 3. The highest BCUT2D eigenvalue weighted by Gasteiger charge is 2.30. The van der Waals surface area contributed by atoms with Gasteiger partial charge in [0.15, 0.2) is 17.2 Å². The van der Waals surface area contributed by atoms with Crippen LogP contribution >= 0.6 is 36.1 Å². The van der Waals surface area contributed by atoms with Crippen molar-refractivity contribution in [2.45, 2.75) is 34.3 Å². The van der Waals surface area contributed by atoms with Crippen LogP contribution in [0, 0.1) is 20.2 Å². The summed E-state index contributed by atoms with van der Waals surface area (Å²) in [5.41, 5.74) is -0.834. The lowest BCUT2D eigenvalue weighted by Crippen LogP contribution is -2.02. The third-order valence-corrected chi connectivity index (χ3v) is 16.9. The molecule has 0 unspecified atom stereocenters. The summed E-state index contributed by atoms with van der Waals surface area (Å²) in [5, 5.41) is 122. The van der Waals surface area contributed by atoms with E-state index in [4.69, 9.17) is 21.5 Å². The van der Waals surface area contributed by atoms with Crippen LogP contribution in [0.25, 0.3) is 32.3 Å². The van der Waals surface area contributed by atoms with E-state index < -0.39 is 170 Å². The Labute approximate surface area is 499 Å². The van der Waals surface area contributed by atoms with E-state index in [1.165, 1.54) is 0 Å². The molecule has 12 N–H and O–H groups in total. The first-order valence-electron chi connectivity index (χ1n) is 22.2. The number of nitrogen functional groups attached to an aromatic ring is 1. The molecule has 460 valence electrons. The molecule has 8 aromatic carbocycles. The van der Waals surface area contributed by atoms with E-state index in [-0.39, 0.29) is 63.2 Å². The summed E-state index contributed by atoms with van der Waals surface area (Å²) in [6.07, 6.45) is 0. The van der Waals surface area contributed by atoms with Crippen LogP contribution in [0.4, 0.5) is 62.6 Å². The molecule has 39 nitrogen and oxygen atoms in total. The number of aromatic hydroxyl groups is 3. The first-order valence-corrected chi connectivity index (χ1v) is 30.2. The Kier molecular flexibility index (Phi) is 19.2. The summed E-state index contributed by atoms with van der Waals surface area (Å²) in [5.74, 6) is -3.21. The van der Waals surface area contributed by atoms with Gasteiger partial charge in [-0.25, -0.2) is 15.8 Å². The van der Waals surface area contributed by atoms with Crippen molar-refractivity contribution in [1.29, 1.82) is 0 Å². The maximum atomic E-state index is 13.2. The van der Waals surface area contributed by atoms with Gasteiger partial charge in [0, 0.05) is 45.8 Å². The Hall–Kier alpha value is -8.73. The Morgan fingerprint density at radius 1 is 0.432 bits per heavy atom. The predicted octanol–water partition coefficient (Wildman–Crippen LogP) is 11.6. The van der Waals surface area contributed by atoms with Crippen molar-refractivity contribution in [1.82, 2.24) is 0 Å². The molecule has 0 aliphatic heterocycles. The number of nitro groups is 2. The van der Waals surface area contributed by atoms with Crippen LogP contribution in [0.1, 0.15) is 0 Å². The Morgan fingerprint density at radius 2 is 0.920 bits per heavy atom. The number of fused-ring (bicyclic) bond motifs is 3. The van der Waals surface area contributed by atoms with E-state index in [0.29, 0.717) is 12.1 Å². The van der Waals surface area contributed by atoms with Gasteiger partial charge in [0.05, 0.1) is 77.4 Å². The summed E-state index contributed by atoms with van der Waals surface area (Å²) in [4.78, 5) is 15.1. The molecule has 46 heteroatoms. The number of anilines is 1. The average molecular weight is 1360 g/mol. The quantitative estimate of drug-likeness (QED) is 0.00539. The third kappa shape index (κ3) is 14.0. The van der Waals surface area contributed by atoms with Crippen LogP contribution in [-0.2, 0) is 68.6 Å². The van der Waals surface area contributed by atoms with Crippen LogP contribution in [0.2, 0.25) is 0 Å². The lowest BCUT2D eigenvalue weighted by molar-refractivity contribution is -0.432. The molecular formula is C42H27N11O28S7. The number of azo groups is 4. The minimum Gasteiger partial charge on any atom is -0.505 e. The fourth-order valence-corrected chi connectivity index (χ4v) is 12.1. The van der Waals surface area contributed by atoms with Gasteiger partial charge in [-0.15, -0.1) is 48.8 Å². The van der Waals surface area contributed by atoms with Crippen LogP contribution in [-0.4, -0.2) is 92.8 Å². The molecule has 88 heavy (non-hydrogen) atoms. The lowest BCUT2D eigenvalue weighted by atomic mass is 10.0. The van der Waals surface area contributed by atoms with E-state index in [1.54, 1.807) is 0 Å². The predicted molar refractivity (Wildman–Crippen MR) is 295 cm³/mol. The van der Waals surface area contributed by atoms with Crippen molar-refractivity contribution in [3.63, 3.8) is 0 Å². The Bertz CT molecular complexity index is 4850. The molecule has 0 saturated carbocycles. The van der Waals surface area contributed by atoms with Gasteiger partial charge < -0.3 is 21.1 Å². The van der Waals surface area contributed by atoms with Crippen molar-refractivity contribution >= 4 is 171 Å². The Balaban J connectivity index is 1.25. The normalized spacial score (nSPS) is 12.8. The SMILES string of the molecule is Nc1c(N=Nc2ccc3cc(S(=O)(=O)O)c(N=Nc4ccc([N+](=O)[O-])cc4SOOO)c(O)c3c2)cc(S(=O)(=O)O)c2cc(SOOO)c(N=Nc3ccc4c(O)c(N=Nc5ccc([N+](=O)[O-])cc5S(=O)(=O)O)c(SOOO)cc4c3S(=O)(=O)O)c(O)c12. The number of nitrogens with zero attached hydrogens (tertiary/aromatic N) is 10. The third-order valence-electron chi connectivity index (χ3n) is 11.4. The minimum absolute atomic E-state index is 0.0205. The van der Waals surface area contributed by atoms with E-state index in [1.807, 2.05) is 0 Å². The van der Waals surface area contributed by atoms with Crippen molar-refractivity contribution in [3.05, 3.63) is 111 Å². The number of benzene rings is 8. The second-order valence-electron chi connectivity index (χ2n) is 16.6. The molecule has 8 rings (SSSR count). The number of nitro benzene ring substituents is 2. The molecule has 0 aliphatic rings. The zero-order valence-electron chi connectivity index (χ0n) is 41.9. The zero-order valence-corrected chi connectivity index (χ0v) is 47.6. The highest BCUT2D eigenvalue weighted by Crippen LogP contribution is 2.52. The van der Waals surface area contributed by atoms with Gasteiger partial charge in [-0.2, -0.15) is 38.8 Å². The number of nitrogens with two attached hydrogens (primary N) is 1. The fourth-order valence-electron chi connectivity index (χ4n) is 7.79. The smallest absolute Gasteiger partial charge is 0.297 e. The largest absolute Gasteiger partial charge is 0.505 e. The molecule has 0 amide bonds. The van der Waals surface area contributed by atoms with Crippen LogP contribution in [0.15, 0.2) is 166 Å². The first kappa shape index (κ1) is 65.2. The van der Waals surface area contributed by atoms with Gasteiger partial charge in [-0.05, 0) is 66.0 Å². The van der Waals surface area contributed by atoms with Crippen molar-refractivity contribution in [2.75, 3.05) is 5.73 Å². The monoisotopic (exact) mass is 1360 g/mol. The van der Waals surface area contributed by atoms with Crippen molar-refractivity contribution in [3.8, 4) is 17.2 Å². The van der Waals surface area contributed by atoms with Gasteiger partial charge in [0.2, 0.25) is 0 Å². The van der Waals surface area contributed by atoms with Gasteiger partial charge in [0.25, 0.3) is 51.8 Å². The number of non-ortho nitro benzene ring substituents is 2. The molecule has 0 spiro atoms. The van der Waals surface area contributed by atoms with E-state index in [9.17, 15) is 87.4 Å². The van der Waals surface area contributed by atoms with Gasteiger partial charge in [-0.3, -0.25) is 38.4 Å². The highest BCUT2D eigenvalue weighted by atomic mass is 32.2. The van der Waals surface area contributed by atoms with E-state index >= 15 is 0 Å². The Morgan fingerprint density at radius 3 is 1.49 bits per heavy atom. The first-order chi connectivity index (χ1) is 41.4. The van der Waals surface area contributed by atoms with Gasteiger partial charge >= 0.3 is 0 Å². The molecule has 0 bridgehead atoms.